The Bertz CT molecular complexity index is 533. The molecule has 82 valence electrons. The van der Waals surface area contributed by atoms with Crippen molar-refractivity contribution >= 4 is 34.6 Å². The van der Waals surface area contributed by atoms with E-state index in [0.29, 0.717) is 15.7 Å². The number of rotatable bonds is 2. The van der Waals surface area contributed by atoms with E-state index >= 15 is 0 Å². The van der Waals surface area contributed by atoms with Crippen LogP contribution in [0.4, 0.5) is 5.69 Å². The average molecular weight is 255 g/mol. The smallest absolute Gasteiger partial charge is 0.355 e. The van der Waals surface area contributed by atoms with Gasteiger partial charge in [-0.3, -0.25) is 0 Å². The summed E-state index contributed by atoms with van der Waals surface area (Å²) in [6, 6.07) is 5.02. The van der Waals surface area contributed by atoms with Gasteiger partial charge in [-0.15, -0.1) is 11.3 Å². The molecule has 1 aromatic heterocycles. The summed E-state index contributed by atoms with van der Waals surface area (Å²) in [6.45, 7) is 0. The molecule has 1 heterocycles. The van der Waals surface area contributed by atoms with Crippen molar-refractivity contribution < 1.29 is 9.90 Å². The van der Waals surface area contributed by atoms with Gasteiger partial charge in [0.15, 0.2) is 5.69 Å². The maximum absolute atomic E-state index is 10.7. The molecule has 0 aliphatic heterocycles. The summed E-state index contributed by atoms with van der Waals surface area (Å²) in [5.41, 5.74) is 6.91. The van der Waals surface area contributed by atoms with Gasteiger partial charge in [0.1, 0.15) is 5.01 Å². The first-order valence-electron chi connectivity index (χ1n) is 4.31. The third-order valence-electron chi connectivity index (χ3n) is 1.89. The molecule has 2 rings (SSSR count). The molecular weight excluding hydrogens is 248 g/mol. The fourth-order valence-electron chi connectivity index (χ4n) is 1.24. The van der Waals surface area contributed by atoms with Crippen molar-refractivity contribution in [3.8, 4) is 10.6 Å². The van der Waals surface area contributed by atoms with Gasteiger partial charge in [0, 0.05) is 21.7 Å². The Kier molecular flexibility index (Phi) is 2.80. The quantitative estimate of drug-likeness (QED) is 0.808. The lowest BCUT2D eigenvalue weighted by Crippen LogP contribution is -1.95. The number of halogens is 1. The van der Waals surface area contributed by atoms with E-state index in [-0.39, 0.29) is 5.69 Å². The maximum Gasteiger partial charge on any atom is 0.355 e. The number of carboxylic acids is 1. The second-order valence-electron chi connectivity index (χ2n) is 3.12. The lowest BCUT2D eigenvalue weighted by molar-refractivity contribution is 0.0691. The minimum atomic E-state index is -1.04. The number of carbonyl (C=O) groups is 1. The molecule has 0 saturated carbocycles. The van der Waals surface area contributed by atoms with Gasteiger partial charge in [-0.05, 0) is 18.2 Å². The minimum absolute atomic E-state index is 0.0264. The van der Waals surface area contributed by atoms with E-state index in [0.717, 1.165) is 5.56 Å². The standard InChI is InChI=1S/C10H7ClN2O2S/c11-6-1-5(2-7(12)3-6)9-13-8(4-16-9)10(14)15/h1-4H,12H2,(H,14,15). The number of carboxylic acid groups (broad SMARTS) is 1. The van der Waals surface area contributed by atoms with Gasteiger partial charge in [-0.2, -0.15) is 0 Å². The number of nitrogens with two attached hydrogens (primary N) is 1. The summed E-state index contributed by atoms with van der Waals surface area (Å²) in [5.74, 6) is -1.04. The van der Waals surface area contributed by atoms with Crippen LogP contribution in [-0.2, 0) is 0 Å². The number of hydrogen-bond acceptors (Lipinski definition) is 4. The van der Waals surface area contributed by atoms with E-state index in [9.17, 15) is 4.79 Å². The second-order valence-corrected chi connectivity index (χ2v) is 4.41. The molecule has 0 aliphatic rings. The lowest BCUT2D eigenvalue weighted by atomic mass is 10.2. The van der Waals surface area contributed by atoms with E-state index in [1.165, 1.54) is 16.7 Å². The fraction of sp³-hybridized carbons (Fsp3) is 0. The zero-order chi connectivity index (χ0) is 11.7. The topological polar surface area (TPSA) is 76.2 Å². The summed E-state index contributed by atoms with van der Waals surface area (Å²) in [4.78, 5) is 14.6. The Morgan fingerprint density at radius 2 is 2.19 bits per heavy atom. The SMILES string of the molecule is Nc1cc(Cl)cc(-c2nc(C(=O)O)cs2)c1. The summed E-state index contributed by atoms with van der Waals surface area (Å²) in [7, 11) is 0. The van der Waals surface area contributed by atoms with Crippen molar-refractivity contribution in [3.63, 3.8) is 0 Å². The van der Waals surface area contributed by atoms with Gasteiger partial charge < -0.3 is 10.8 Å². The first-order valence-corrected chi connectivity index (χ1v) is 5.57. The monoisotopic (exact) mass is 254 g/mol. The largest absolute Gasteiger partial charge is 0.476 e. The number of hydrogen-bond donors (Lipinski definition) is 2. The molecule has 0 atom stereocenters. The van der Waals surface area contributed by atoms with E-state index in [4.69, 9.17) is 22.4 Å². The van der Waals surface area contributed by atoms with Crippen molar-refractivity contribution in [1.29, 1.82) is 0 Å². The Hall–Kier alpha value is -1.59. The molecule has 6 heteroatoms. The molecule has 0 bridgehead atoms. The van der Waals surface area contributed by atoms with Crippen LogP contribution in [0.2, 0.25) is 5.02 Å². The van der Waals surface area contributed by atoms with Crippen molar-refractivity contribution in [1.82, 2.24) is 4.98 Å². The maximum atomic E-state index is 10.7. The predicted octanol–water partition coefficient (Wildman–Crippen LogP) is 2.74. The van der Waals surface area contributed by atoms with Gasteiger partial charge in [0.25, 0.3) is 0 Å². The van der Waals surface area contributed by atoms with E-state index in [2.05, 4.69) is 4.98 Å². The van der Waals surface area contributed by atoms with Crippen LogP contribution >= 0.6 is 22.9 Å². The van der Waals surface area contributed by atoms with Crippen LogP contribution in [0.25, 0.3) is 10.6 Å². The summed E-state index contributed by atoms with van der Waals surface area (Å²) < 4.78 is 0. The third-order valence-corrected chi connectivity index (χ3v) is 3.00. The van der Waals surface area contributed by atoms with Gasteiger partial charge >= 0.3 is 5.97 Å². The number of benzene rings is 1. The number of aromatic carboxylic acids is 1. The van der Waals surface area contributed by atoms with E-state index in [1.54, 1.807) is 18.2 Å². The number of aromatic nitrogens is 1. The molecule has 16 heavy (non-hydrogen) atoms. The average Bonchev–Trinajstić information content (AvgIpc) is 2.64. The highest BCUT2D eigenvalue weighted by molar-refractivity contribution is 7.13. The zero-order valence-electron chi connectivity index (χ0n) is 7.98. The van der Waals surface area contributed by atoms with Gasteiger partial charge in [0.05, 0.1) is 0 Å². The van der Waals surface area contributed by atoms with Crippen LogP contribution in [0.1, 0.15) is 10.5 Å². The Morgan fingerprint density at radius 1 is 1.44 bits per heavy atom. The number of anilines is 1. The highest BCUT2D eigenvalue weighted by Gasteiger charge is 2.10. The van der Waals surface area contributed by atoms with Crippen molar-refractivity contribution in [2.75, 3.05) is 5.73 Å². The highest BCUT2D eigenvalue weighted by Crippen LogP contribution is 2.28. The predicted molar refractivity (Wildman–Crippen MR) is 63.9 cm³/mol. The van der Waals surface area contributed by atoms with Gasteiger partial charge in [0.2, 0.25) is 0 Å². The summed E-state index contributed by atoms with van der Waals surface area (Å²) >= 11 is 7.09. The number of nitrogens with zero attached hydrogens (tertiary/aromatic N) is 1. The van der Waals surface area contributed by atoms with Crippen LogP contribution in [0.3, 0.4) is 0 Å². The van der Waals surface area contributed by atoms with Crippen LogP contribution in [0.5, 0.6) is 0 Å². The Morgan fingerprint density at radius 3 is 2.75 bits per heavy atom. The molecule has 0 fully saturated rings. The van der Waals surface area contributed by atoms with Crippen LogP contribution in [-0.4, -0.2) is 16.1 Å². The molecule has 0 spiro atoms. The highest BCUT2D eigenvalue weighted by atomic mass is 35.5. The minimum Gasteiger partial charge on any atom is -0.476 e. The summed E-state index contributed by atoms with van der Waals surface area (Å²) in [5, 5.41) is 11.3. The molecule has 0 saturated heterocycles. The Balaban J connectivity index is 2.46. The molecule has 0 radical (unpaired) electrons. The van der Waals surface area contributed by atoms with Crippen LogP contribution < -0.4 is 5.73 Å². The third kappa shape index (κ3) is 2.15. The van der Waals surface area contributed by atoms with Gasteiger partial charge in [-0.1, -0.05) is 11.6 Å². The fourth-order valence-corrected chi connectivity index (χ4v) is 2.27. The molecular formula is C10H7ClN2O2S. The number of nitrogen functional groups attached to an aromatic ring is 1. The zero-order valence-corrected chi connectivity index (χ0v) is 9.55. The summed E-state index contributed by atoms with van der Waals surface area (Å²) in [6.07, 6.45) is 0. The number of thiazole rings is 1. The molecule has 4 nitrogen and oxygen atoms in total. The lowest BCUT2D eigenvalue weighted by Gasteiger charge is -1.99. The van der Waals surface area contributed by atoms with Crippen molar-refractivity contribution in [2.24, 2.45) is 0 Å². The van der Waals surface area contributed by atoms with Crippen molar-refractivity contribution in [3.05, 3.63) is 34.3 Å². The first-order chi connectivity index (χ1) is 7.56. The van der Waals surface area contributed by atoms with E-state index in [1.807, 2.05) is 0 Å². The molecule has 0 aliphatic carbocycles. The first kappa shape index (κ1) is 10.9. The molecule has 3 N–H and O–H groups in total. The van der Waals surface area contributed by atoms with Crippen LogP contribution in [0, 0.1) is 0 Å². The van der Waals surface area contributed by atoms with Gasteiger partial charge in [-0.25, -0.2) is 9.78 Å². The molecule has 1 aromatic carbocycles. The van der Waals surface area contributed by atoms with Crippen LogP contribution in [0.15, 0.2) is 23.6 Å². The Labute approximate surface area is 100 Å². The van der Waals surface area contributed by atoms with Crippen molar-refractivity contribution in [2.45, 2.75) is 0 Å². The normalized spacial score (nSPS) is 10.3. The molecule has 0 unspecified atom stereocenters. The van der Waals surface area contributed by atoms with E-state index < -0.39 is 5.97 Å². The second kappa shape index (κ2) is 4.11. The molecule has 2 aromatic rings. The molecule has 0 amide bonds.